The van der Waals surface area contributed by atoms with Crippen molar-refractivity contribution in [2.45, 2.75) is 12.5 Å². The van der Waals surface area contributed by atoms with Crippen LogP contribution in [0.25, 0.3) is 11.4 Å². The molecule has 0 fully saturated rings. The van der Waals surface area contributed by atoms with Gasteiger partial charge in [-0.25, -0.2) is 9.07 Å². The van der Waals surface area contributed by atoms with Crippen LogP contribution in [0, 0.1) is 5.82 Å². The van der Waals surface area contributed by atoms with Gasteiger partial charge >= 0.3 is 0 Å². The average molecular weight is 351 g/mol. The number of hydrogen-bond acceptors (Lipinski definition) is 4. The zero-order valence-corrected chi connectivity index (χ0v) is 13.5. The van der Waals surface area contributed by atoms with E-state index >= 15 is 0 Å². The van der Waals surface area contributed by atoms with E-state index in [2.05, 4.69) is 20.7 Å². The highest BCUT2D eigenvalue weighted by atomic mass is 19.1. The SMILES string of the molecule is O=C1CC(C(=O)Nc2ccc(F)cc2)n2nc(-c3ccccc3)nc2N1. The molecule has 1 unspecified atom stereocenters. The number of hydrogen-bond donors (Lipinski definition) is 2. The van der Waals surface area contributed by atoms with E-state index in [1.165, 1.54) is 28.9 Å². The molecule has 8 heteroatoms. The molecule has 130 valence electrons. The van der Waals surface area contributed by atoms with Gasteiger partial charge in [-0.05, 0) is 24.3 Å². The number of nitrogens with one attached hydrogen (secondary N) is 2. The largest absolute Gasteiger partial charge is 0.324 e. The number of aromatic nitrogens is 3. The molecule has 1 aromatic heterocycles. The molecule has 2 aromatic carbocycles. The Morgan fingerprint density at radius 1 is 1.15 bits per heavy atom. The molecule has 2 N–H and O–H groups in total. The van der Waals surface area contributed by atoms with Crippen LogP contribution in [0.4, 0.5) is 16.0 Å². The van der Waals surface area contributed by atoms with Gasteiger partial charge in [-0.3, -0.25) is 14.9 Å². The second-order valence-electron chi connectivity index (χ2n) is 5.83. The van der Waals surface area contributed by atoms with Gasteiger partial charge in [-0.1, -0.05) is 30.3 Å². The fourth-order valence-electron chi connectivity index (χ4n) is 2.74. The van der Waals surface area contributed by atoms with Crippen LogP contribution in [0.2, 0.25) is 0 Å². The number of fused-ring (bicyclic) bond motifs is 1. The maximum absolute atomic E-state index is 13.0. The van der Waals surface area contributed by atoms with Gasteiger partial charge in [0.15, 0.2) is 5.82 Å². The van der Waals surface area contributed by atoms with Gasteiger partial charge in [-0.2, -0.15) is 4.98 Å². The number of carbonyl (C=O) groups is 2. The third-order valence-corrected chi connectivity index (χ3v) is 4.00. The summed E-state index contributed by atoms with van der Waals surface area (Å²) in [5, 5.41) is 9.69. The Labute approximate surface area is 147 Å². The van der Waals surface area contributed by atoms with Crippen molar-refractivity contribution in [3.63, 3.8) is 0 Å². The Morgan fingerprint density at radius 3 is 2.62 bits per heavy atom. The molecule has 26 heavy (non-hydrogen) atoms. The maximum Gasteiger partial charge on any atom is 0.249 e. The highest BCUT2D eigenvalue weighted by molar-refractivity contribution is 6.00. The number of benzene rings is 2. The number of carbonyl (C=O) groups excluding carboxylic acids is 2. The molecule has 0 bridgehead atoms. The first kappa shape index (κ1) is 15.9. The molecule has 1 atom stereocenters. The van der Waals surface area contributed by atoms with Crippen LogP contribution >= 0.6 is 0 Å². The van der Waals surface area contributed by atoms with Crippen LogP contribution in [0.1, 0.15) is 12.5 Å². The van der Waals surface area contributed by atoms with Gasteiger partial charge in [0.25, 0.3) is 0 Å². The summed E-state index contributed by atoms with van der Waals surface area (Å²) in [6.07, 6.45) is -0.0579. The molecule has 0 saturated heterocycles. The molecule has 2 heterocycles. The summed E-state index contributed by atoms with van der Waals surface area (Å²) in [6.45, 7) is 0. The molecule has 0 radical (unpaired) electrons. The number of nitrogens with zero attached hydrogens (tertiary/aromatic N) is 3. The first-order valence-corrected chi connectivity index (χ1v) is 7.98. The van der Waals surface area contributed by atoms with E-state index in [1.807, 2.05) is 30.3 Å². The standard InChI is InChI=1S/C18H14FN5O2/c19-12-6-8-13(9-7-12)20-17(26)14-10-15(25)21-18-22-16(23-24(14)18)11-4-2-1-3-5-11/h1-9,14H,10H2,(H,20,26)(H,21,22,23,25). The molecular formula is C18H14FN5O2. The Kier molecular flexibility index (Phi) is 3.92. The molecule has 7 nitrogen and oxygen atoms in total. The monoisotopic (exact) mass is 351 g/mol. The maximum atomic E-state index is 13.0. The fourth-order valence-corrected chi connectivity index (χ4v) is 2.74. The Balaban J connectivity index is 1.64. The summed E-state index contributed by atoms with van der Waals surface area (Å²) >= 11 is 0. The summed E-state index contributed by atoms with van der Waals surface area (Å²) < 4.78 is 14.4. The van der Waals surface area contributed by atoms with Gasteiger partial charge in [0.05, 0.1) is 6.42 Å². The summed E-state index contributed by atoms with van der Waals surface area (Å²) in [6, 6.07) is 13.8. The van der Waals surface area contributed by atoms with E-state index < -0.39 is 17.8 Å². The third kappa shape index (κ3) is 3.04. The number of amides is 2. The van der Waals surface area contributed by atoms with Crippen LogP contribution in [0.3, 0.4) is 0 Å². The first-order valence-electron chi connectivity index (χ1n) is 7.98. The minimum Gasteiger partial charge on any atom is -0.324 e. The average Bonchev–Trinajstić information content (AvgIpc) is 3.07. The van der Waals surface area contributed by atoms with Crippen LogP contribution < -0.4 is 10.6 Å². The summed E-state index contributed by atoms with van der Waals surface area (Å²) in [4.78, 5) is 28.9. The predicted octanol–water partition coefficient (Wildman–Crippen LogP) is 2.61. The third-order valence-electron chi connectivity index (χ3n) is 4.00. The number of halogens is 1. The van der Waals surface area contributed by atoms with E-state index in [1.54, 1.807) is 0 Å². The van der Waals surface area contributed by atoms with E-state index in [-0.39, 0.29) is 18.3 Å². The fraction of sp³-hybridized carbons (Fsp3) is 0.111. The zero-order chi connectivity index (χ0) is 18.1. The highest BCUT2D eigenvalue weighted by Crippen LogP contribution is 2.27. The van der Waals surface area contributed by atoms with Crippen molar-refractivity contribution < 1.29 is 14.0 Å². The molecule has 0 aliphatic carbocycles. The van der Waals surface area contributed by atoms with Crippen molar-refractivity contribution in [2.75, 3.05) is 10.6 Å². The lowest BCUT2D eigenvalue weighted by molar-refractivity contribution is -0.125. The Morgan fingerprint density at radius 2 is 1.88 bits per heavy atom. The lowest BCUT2D eigenvalue weighted by atomic mass is 10.1. The zero-order valence-electron chi connectivity index (χ0n) is 13.5. The van der Waals surface area contributed by atoms with E-state index in [4.69, 9.17) is 0 Å². The summed E-state index contributed by atoms with van der Waals surface area (Å²) in [7, 11) is 0. The van der Waals surface area contributed by atoms with E-state index in [0.29, 0.717) is 11.5 Å². The van der Waals surface area contributed by atoms with Gasteiger partial charge in [0.2, 0.25) is 17.8 Å². The minimum absolute atomic E-state index is 0.0579. The van der Waals surface area contributed by atoms with Crippen molar-refractivity contribution in [3.05, 3.63) is 60.4 Å². The second-order valence-corrected chi connectivity index (χ2v) is 5.83. The van der Waals surface area contributed by atoms with Crippen LogP contribution in [0.5, 0.6) is 0 Å². The molecule has 0 spiro atoms. The van der Waals surface area contributed by atoms with Gasteiger partial charge in [0, 0.05) is 11.3 Å². The summed E-state index contributed by atoms with van der Waals surface area (Å²) in [5.74, 6) is -0.492. The molecule has 2 amide bonds. The highest BCUT2D eigenvalue weighted by Gasteiger charge is 2.33. The van der Waals surface area contributed by atoms with Gasteiger partial charge < -0.3 is 5.32 Å². The van der Waals surface area contributed by atoms with Gasteiger partial charge in [0.1, 0.15) is 11.9 Å². The van der Waals surface area contributed by atoms with E-state index in [0.717, 1.165) is 5.56 Å². The van der Waals surface area contributed by atoms with Crippen molar-refractivity contribution in [1.82, 2.24) is 14.8 Å². The van der Waals surface area contributed by atoms with Crippen LogP contribution in [-0.2, 0) is 9.59 Å². The van der Waals surface area contributed by atoms with Crippen molar-refractivity contribution in [2.24, 2.45) is 0 Å². The predicted molar refractivity (Wildman–Crippen MR) is 92.8 cm³/mol. The lowest BCUT2D eigenvalue weighted by Gasteiger charge is -2.22. The second kappa shape index (κ2) is 6.40. The topological polar surface area (TPSA) is 88.9 Å². The minimum atomic E-state index is -0.839. The quantitative estimate of drug-likeness (QED) is 0.759. The molecule has 3 aromatic rings. The summed E-state index contributed by atoms with van der Waals surface area (Å²) in [5.41, 5.74) is 1.22. The van der Waals surface area contributed by atoms with Crippen LogP contribution in [-0.4, -0.2) is 26.6 Å². The van der Waals surface area contributed by atoms with E-state index in [9.17, 15) is 14.0 Å². The molecular weight excluding hydrogens is 337 g/mol. The Bertz CT molecular complexity index is 969. The van der Waals surface area contributed by atoms with Crippen molar-refractivity contribution >= 4 is 23.5 Å². The van der Waals surface area contributed by atoms with Crippen LogP contribution in [0.15, 0.2) is 54.6 Å². The Hall–Kier alpha value is -3.55. The molecule has 1 aliphatic rings. The molecule has 4 rings (SSSR count). The van der Waals surface area contributed by atoms with Crippen molar-refractivity contribution in [3.8, 4) is 11.4 Å². The van der Waals surface area contributed by atoms with Gasteiger partial charge in [-0.15, -0.1) is 5.10 Å². The smallest absolute Gasteiger partial charge is 0.249 e. The first-order chi connectivity index (χ1) is 12.6. The molecule has 0 saturated carbocycles. The lowest BCUT2D eigenvalue weighted by Crippen LogP contribution is -2.36. The van der Waals surface area contributed by atoms with Crippen molar-refractivity contribution in [1.29, 1.82) is 0 Å². The number of rotatable bonds is 3. The number of anilines is 2. The molecule has 1 aliphatic heterocycles. The normalized spacial score (nSPS) is 15.9.